The van der Waals surface area contributed by atoms with Gasteiger partial charge < -0.3 is 70.4 Å². The molecular weight excluding hydrogens is 688 g/mol. The molecule has 0 amide bonds. The molecule has 2 aliphatic rings. The zero-order valence-electron chi connectivity index (χ0n) is 26.4. The second-order valence-electron chi connectivity index (χ2n) is 12.4. The molecule has 16 heteroatoms. The number of ether oxygens (including phenoxy) is 3. The minimum absolute atomic E-state index is 0.0344. The molecule has 0 spiro atoms. The predicted octanol–water partition coefficient (Wildman–Crippen LogP) is 3.19. The minimum Gasteiger partial charge on any atom is -0.508 e. The molecule has 5 aromatic carbocycles. The lowest BCUT2D eigenvalue weighted by Gasteiger charge is -2.34. The molecule has 0 saturated carbocycles. The van der Waals surface area contributed by atoms with Gasteiger partial charge >= 0.3 is 5.97 Å². The maximum Gasteiger partial charge on any atom is 0.338 e. The van der Waals surface area contributed by atoms with Gasteiger partial charge in [0.15, 0.2) is 46.7 Å². The summed E-state index contributed by atoms with van der Waals surface area (Å²) in [6.07, 6.45) is -6.29. The summed E-state index contributed by atoms with van der Waals surface area (Å²) in [5.41, 5.74) is -1.52. The molecule has 2 aliphatic heterocycles. The first-order chi connectivity index (χ1) is 24.6. The number of aliphatic hydroxyl groups is 1. The molecule has 0 saturated heterocycles. The molecule has 268 valence electrons. The maximum atomic E-state index is 13.5. The monoisotopic (exact) mass is 716 g/mol. The van der Waals surface area contributed by atoms with Gasteiger partial charge in [0.1, 0.15) is 40.6 Å². The Bertz CT molecular complexity index is 2370. The van der Waals surface area contributed by atoms with Crippen LogP contribution in [0.4, 0.5) is 0 Å². The highest BCUT2D eigenvalue weighted by molar-refractivity contribution is 5.97. The minimum atomic E-state index is -1.49. The van der Waals surface area contributed by atoms with E-state index in [0.717, 1.165) is 42.5 Å². The number of esters is 1. The third-order valence-electron chi connectivity index (χ3n) is 8.98. The quantitative estimate of drug-likeness (QED) is 0.0940. The number of carbonyl (C=O) groups excluding carboxylic acids is 1. The van der Waals surface area contributed by atoms with Gasteiger partial charge in [-0.05, 0) is 35.7 Å². The number of fused-ring (bicyclic) bond motifs is 3. The number of phenolic OH excluding ortho intramolecular Hbond substituents is 9. The van der Waals surface area contributed by atoms with Gasteiger partial charge in [0.2, 0.25) is 5.43 Å². The van der Waals surface area contributed by atoms with Crippen LogP contribution in [-0.4, -0.2) is 74.3 Å². The average Bonchev–Trinajstić information content (AvgIpc) is 3.20. The van der Waals surface area contributed by atoms with Crippen molar-refractivity contribution >= 4 is 16.7 Å². The Hall–Kier alpha value is -6.94. The van der Waals surface area contributed by atoms with Crippen molar-refractivity contribution in [2.45, 2.75) is 37.3 Å². The molecule has 7 rings (SSSR count). The molecule has 4 atom stereocenters. The summed E-state index contributed by atoms with van der Waals surface area (Å²) >= 11 is 0. The van der Waals surface area contributed by atoms with Gasteiger partial charge in [0, 0.05) is 59.4 Å². The molecular formula is C36H28O16. The first kappa shape index (κ1) is 33.6. The van der Waals surface area contributed by atoms with E-state index in [9.17, 15) is 65.8 Å². The molecule has 52 heavy (non-hydrogen) atoms. The zero-order chi connectivity index (χ0) is 37.3. The number of carbonyl (C=O) groups is 1. The standard InChI is InChI=1S/C36H28O16/c37-14-5-20(39)18-10-26(45)35(51-27(18)7-14)17-9-25(44)33(48)30-16(17)1-12(2-24(43)32(30)47)34-29(11-19-21(40)6-15(38)8-28(19)50-34)52-36(49)13-3-22(41)31(46)23(42)4-13/h1-9,26,29,34-35,37-42,44-46,48H,10-11H2,(H,43,47)/t26-,29-,34-,35-/m0/s1. The summed E-state index contributed by atoms with van der Waals surface area (Å²) in [6.45, 7) is 0. The summed E-state index contributed by atoms with van der Waals surface area (Å²) in [6, 6.07) is 9.16. The highest BCUT2D eigenvalue weighted by Gasteiger charge is 2.39. The van der Waals surface area contributed by atoms with Crippen LogP contribution >= 0.6 is 0 Å². The third-order valence-corrected chi connectivity index (χ3v) is 8.98. The fraction of sp³-hybridized carbons (Fsp3) is 0.167. The Labute approximate surface area is 290 Å². The molecule has 16 nitrogen and oxygen atoms in total. The number of rotatable bonds is 4. The predicted molar refractivity (Wildman–Crippen MR) is 176 cm³/mol. The molecule has 0 unspecified atom stereocenters. The highest BCUT2D eigenvalue weighted by atomic mass is 16.6. The number of aliphatic hydroxyl groups excluding tert-OH is 1. The molecule has 0 fully saturated rings. The molecule has 0 aliphatic carbocycles. The van der Waals surface area contributed by atoms with Crippen LogP contribution in [0.1, 0.15) is 44.8 Å². The van der Waals surface area contributed by atoms with Crippen molar-refractivity contribution in [3.63, 3.8) is 0 Å². The number of aromatic hydroxyl groups is 10. The van der Waals surface area contributed by atoms with Crippen LogP contribution in [0.3, 0.4) is 0 Å². The van der Waals surface area contributed by atoms with E-state index in [0.29, 0.717) is 0 Å². The Morgan fingerprint density at radius 2 is 1.17 bits per heavy atom. The van der Waals surface area contributed by atoms with Gasteiger partial charge in [-0.1, -0.05) is 0 Å². The van der Waals surface area contributed by atoms with Crippen molar-refractivity contribution < 1.29 is 75.2 Å². The Morgan fingerprint density at radius 3 is 1.79 bits per heavy atom. The fourth-order valence-corrected chi connectivity index (χ4v) is 6.53. The van der Waals surface area contributed by atoms with Crippen LogP contribution in [0, 0.1) is 0 Å². The van der Waals surface area contributed by atoms with Crippen LogP contribution in [0.15, 0.2) is 59.4 Å². The Morgan fingerprint density at radius 1 is 0.615 bits per heavy atom. The normalized spacial score (nSPS) is 19.2. The van der Waals surface area contributed by atoms with E-state index in [1.165, 1.54) is 12.1 Å². The van der Waals surface area contributed by atoms with E-state index < -0.39 is 92.8 Å². The van der Waals surface area contributed by atoms with Crippen molar-refractivity contribution in [3.05, 3.63) is 92.6 Å². The van der Waals surface area contributed by atoms with Crippen molar-refractivity contribution in [2.24, 2.45) is 0 Å². The summed E-state index contributed by atoms with van der Waals surface area (Å²) in [5.74, 6) is -8.22. The lowest BCUT2D eigenvalue weighted by molar-refractivity contribution is -0.0188. The van der Waals surface area contributed by atoms with E-state index in [2.05, 4.69) is 0 Å². The summed E-state index contributed by atoms with van der Waals surface area (Å²) in [5, 5.41) is 114. The number of hydrogen-bond acceptors (Lipinski definition) is 16. The zero-order valence-corrected chi connectivity index (χ0v) is 26.4. The molecule has 2 heterocycles. The van der Waals surface area contributed by atoms with E-state index in [4.69, 9.17) is 14.2 Å². The van der Waals surface area contributed by atoms with Crippen LogP contribution in [0.5, 0.6) is 69.0 Å². The second kappa shape index (κ2) is 12.1. The smallest absolute Gasteiger partial charge is 0.338 e. The first-order valence-electron chi connectivity index (χ1n) is 15.4. The highest BCUT2D eigenvalue weighted by Crippen LogP contribution is 2.49. The van der Waals surface area contributed by atoms with Gasteiger partial charge in [0.05, 0.1) is 17.1 Å². The molecule has 0 aromatic heterocycles. The van der Waals surface area contributed by atoms with Crippen LogP contribution in [0.2, 0.25) is 0 Å². The van der Waals surface area contributed by atoms with Crippen LogP contribution < -0.4 is 14.9 Å². The van der Waals surface area contributed by atoms with E-state index in [1.54, 1.807) is 0 Å². The van der Waals surface area contributed by atoms with Crippen molar-refractivity contribution in [2.75, 3.05) is 0 Å². The van der Waals surface area contributed by atoms with Gasteiger partial charge in [-0.3, -0.25) is 4.79 Å². The Balaban J connectivity index is 1.41. The van der Waals surface area contributed by atoms with Crippen molar-refractivity contribution in [3.8, 4) is 69.0 Å². The van der Waals surface area contributed by atoms with E-state index >= 15 is 0 Å². The van der Waals surface area contributed by atoms with Gasteiger partial charge in [-0.15, -0.1) is 0 Å². The topological polar surface area (TPSA) is 284 Å². The number of benzene rings is 4. The molecule has 5 aromatic rings. The second-order valence-corrected chi connectivity index (χ2v) is 12.4. The lowest BCUT2D eigenvalue weighted by Crippen LogP contribution is -2.35. The number of hydrogen-bond donors (Lipinski definition) is 11. The van der Waals surface area contributed by atoms with Gasteiger partial charge in [-0.25, -0.2) is 4.79 Å². The van der Waals surface area contributed by atoms with Crippen LogP contribution in [-0.2, 0) is 17.6 Å². The summed E-state index contributed by atoms with van der Waals surface area (Å²) in [7, 11) is 0. The SMILES string of the molecule is O=C(O[C@H]1Cc2c(O)cc(O)cc2O[C@H]1c1cc(=O)c(O)c2c(O)c(O)cc([C@@H]3Oc4cc(O)cc(O)c4C[C@@H]3O)c2c1)c1cc(O)c(O)c(O)c1. The summed E-state index contributed by atoms with van der Waals surface area (Å²) < 4.78 is 17.8. The third kappa shape index (κ3) is 5.56. The first-order valence-corrected chi connectivity index (χ1v) is 15.4. The largest absolute Gasteiger partial charge is 0.508 e. The van der Waals surface area contributed by atoms with Crippen molar-refractivity contribution in [1.29, 1.82) is 0 Å². The molecule has 0 radical (unpaired) electrons. The lowest BCUT2D eigenvalue weighted by atomic mass is 9.90. The molecule has 11 N–H and O–H groups in total. The summed E-state index contributed by atoms with van der Waals surface area (Å²) in [4.78, 5) is 26.8. The maximum absolute atomic E-state index is 13.5. The fourth-order valence-electron chi connectivity index (χ4n) is 6.53. The van der Waals surface area contributed by atoms with Crippen LogP contribution in [0.25, 0.3) is 10.8 Å². The van der Waals surface area contributed by atoms with E-state index in [-0.39, 0.29) is 63.5 Å². The van der Waals surface area contributed by atoms with E-state index in [1.807, 2.05) is 0 Å². The molecule has 0 bridgehead atoms. The van der Waals surface area contributed by atoms with Crippen molar-refractivity contribution in [1.82, 2.24) is 0 Å². The Kier molecular flexibility index (Phi) is 7.83. The average molecular weight is 717 g/mol. The number of phenols is 9. The van der Waals surface area contributed by atoms with Gasteiger partial charge in [0.25, 0.3) is 0 Å². The van der Waals surface area contributed by atoms with Gasteiger partial charge in [-0.2, -0.15) is 0 Å².